The zero-order valence-electron chi connectivity index (χ0n) is 10.3. The summed E-state index contributed by atoms with van der Waals surface area (Å²) in [5.41, 5.74) is 0. The molecular weight excluding hydrogens is 190 g/mol. The number of thiol groups is 1. The minimum absolute atomic E-state index is 0.675. The Hall–Kier alpha value is 0.310. The molecule has 0 bridgehead atoms. The van der Waals surface area contributed by atoms with Crippen molar-refractivity contribution in [2.45, 2.75) is 53.0 Å². The zero-order valence-corrected chi connectivity index (χ0v) is 11.2. The van der Waals surface area contributed by atoms with Crippen LogP contribution in [0.4, 0.5) is 0 Å². The molecule has 0 heterocycles. The van der Waals surface area contributed by atoms with E-state index in [1.807, 2.05) is 0 Å². The van der Waals surface area contributed by atoms with Gasteiger partial charge in [0.2, 0.25) is 0 Å². The summed E-state index contributed by atoms with van der Waals surface area (Å²) in [5, 5.41) is 0. The molecule has 2 heteroatoms. The Morgan fingerprint density at radius 3 is 2.14 bits per heavy atom. The van der Waals surface area contributed by atoms with Gasteiger partial charge in [0.1, 0.15) is 0 Å². The van der Waals surface area contributed by atoms with Gasteiger partial charge in [-0.25, -0.2) is 0 Å². The Labute approximate surface area is 95.7 Å². The Morgan fingerprint density at radius 1 is 1.14 bits per heavy atom. The van der Waals surface area contributed by atoms with Gasteiger partial charge in [-0.05, 0) is 44.9 Å². The SMILES string of the molecule is CCCC(CS)CN(CCC)C(C)C. The molecule has 0 spiro atoms. The van der Waals surface area contributed by atoms with Crippen molar-refractivity contribution in [2.75, 3.05) is 18.8 Å². The molecule has 0 aliphatic carbocycles. The maximum absolute atomic E-state index is 4.43. The first kappa shape index (κ1) is 14.3. The number of rotatable bonds is 8. The molecule has 1 unspecified atom stereocenters. The van der Waals surface area contributed by atoms with Crippen LogP contribution >= 0.6 is 12.6 Å². The van der Waals surface area contributed by atoms with Crippen molar-refractivity contribution < 1.29 is 0 Å². The first-order valence-electron chi connectivity index (χ1n) is 6.00. The molecule has 1 atom stereocenters. The molecule has 0 aromatic rings. The van der Waals surface area contributed by atoms with Crippen LogP contribution in [0, 0.1) is 5.92 Å². The molecule has 0 radical (unpaired) electrons. The molecule has 0 amide bonds. The highest BCUT2D eigenvalue weighted by Crippen LogP contribution is 2.12. The second kappa shape index (κ2) is 8.60. The molecule has 0 fully saturated rings. The van der Waals surface area contributed by atoms with Crippen LogP contribution in [-0.2, 0) is 0 Å². The average molecular weight is 217 g/mol. The summed E-state index contributed by atoms with van der Waals surface area (Å²) >= 11 is 4.43. The van der Waals surface area contributed by atoms with E-state index in [0.29, 0.717) is 6.04 Å². The van der Waals surface area contributed by atoms with E-state index in [4.69, 9.17) is 0 Å². The van der Waals surface area contributed by atoms with Crippen LogP contribution in [0.1, 0.15) is 47.0 Å². The summed E-state index contributed by atoms with van der Waals surface area (Å²) < 4.78 is 0. The van der Waals surface area contributed by atoms with E-state index in [9.17, 15) is 0 Å². The molecule has 0 aliphatic rings. The second-order valence-electron chi connectivity index (χ2n) is 4.43. The highest BCUT2D eigenvalue weighted by molar-refractivity contribution is 7.80. The van der Waals surface area contributed by atoms with Crippen molar-refractivity contribution in [3.05, 3.63) is 0 Å². The van der Waals surface area contributed by atoms with Crippen molar-refractivity contribution in [3.63, 3.8) is 0 Å². The van der Waals surface area contributed by atoms with Gasteiger partial charge in [0.15, 0.2) is 0 Å². The molecule has 0 aliphatic heterocycles. The van der Waals surface area contributed by atoms with E-state index in [2.05, 4.69) is 45.2 Å². The van der Waals surface area contributed by atoms with Crippen LogP contribution in [0.25, 0.3) is 0 Å². The smallest absolute Gasteiger partial charge is 0.00387 e. The number of hydrogen-bond acceptors (Lipinski definition) is 2. The molecule has 14 heavy (non-hydrogen) atoms. The van der Waals surface area contributed by atoms with Gasteiger partial charge in [-0.2, -0.15) is 12.6 Å². The van der Waals surface area contributed by atoms with Crippen LogP contribution in [0.5, 0.6) is 0 Å². The summed E-state index contributed by atoms with van der Waals surface area (Å²) in [5.74, 6) is 1.80. The largest absolute Gasteiger partial charge is 0.301 e. The standard InChI is InChI=1S/C12H27NS/c1-5-7-12(10-14)9-13(8-6-2)11(3)4/h11-12,14H,5-10H2,1-4H3. The van der Waals surface area contributed by atoms with Crippen LogP contribution in [0.15, 0.2) is 0 Å². The van der Waals surface area contributed by atoms with Crippen molar-refractivity contribution in [3.8, 4) is 0 Å². The fraction of sp³-hybridized carbons (Fsp3) is 1.00. The van der Waals surface area contributed by atoms with Crippen molar-refractivity contribution in [2.24, 2.45) is 5.92 Å². The van der Waals surface area contributed by atoms with Gasteiger partial charge in [0.25, 0.3) is 0 Å². The van der Waals surface area contributed by atoms with Gasteiger partial charge in [0.05, 0.1) is 0 Å². The summed E-state index contributed by atoms with van der Waals surface area (Å²) in [4.78, 5) is 2.58. The molecule has 1 nitrogen and oxygen atoms in total. The topological polar surface area (TPSA) is 3.24 Å². The van der Waals surface area contributed by atoms with Gasteiger partial charge >= 0.3 is 0 Å². The van der Waals surface area contributed by atoms with Crippen LogP contribution < -0.4 is 0 Å². The normalized spacial score (nSPS) is 13.9. The number of hydrogen-bond donors (Lipinski definition) is 1. The molecule has 0 saturated heterocycles. The lowest BCUT2D eigenvalue weighted by Crippen LogP contribution is -2.36. The lowest BCUT2D eigenvalue weighted by Gasteiger charge is -2.29. The third-order valence-corrected chi connectivity index (χ3v) is 3.21. The van der Waals surface area contributed by atoms with E-state index in [-0.39, 0.29) is 0 Å². The van der Waals surface area contributed by atoms with E-state index in [0.717, 1.165) is 11.7 Å². The second-order valence-corrected chi connectivity index (χ2v) is 4.79. The molecule has 0 aromatic carbocycles. The Balaban J connectivity index is 3.97. The van der Waals surface area contributed by atoms with Crippen molar-refractivity contribution in [1.29, 1.82) is 0 Å². The van der Waals surface area contributed by atoms with Crippen molar-refractivity contribution >= 4 is 12.6 Å². The highest BCUT2D eigenvalue weighted by atomic mass is 32.1. The Kier molecular flexibility index (Phi) is 8.80. The quantitative estimate of drug-likeness (QED) is 0.610. The third kappa shape index (κ3) is 5.92. The molecule has 0 saturated carbocycles. The summed E-state index contributed by atoms with van der Waals surface area (Å²) in [6, 6.07) is 0.675. The predicted molar refractivity (Wildman–Crippen MR) is 69.3 cm³/mol. The average Bonchev–Trinajstić information content (AvgIpc) is 2.15. The Morgan fingerprint density at radius 2 is 1.79 bits per heavy atom. The fourth-order valence-electron chi connectivity index (χ4n) is 1.83. The van der Waals surface area contributed by atoms with E-state index < -0.39 is 0 Å². The monoisotopic (exact) mass is 217 g/mol. The first-order valence-corrected chi connectivity index (χ1v) is 6.63. The number of nitrogens with zero attached hydrogens (tertiary/aromatic N) is 1. The van der Waals surface area contributed by atoms with Gasteiger partial charge in [-0.15, -0.1) is 0 Å². The molecule has 0 rings (SSSR count). The fourth-order valence-corrected chi connectivity index (χ4v) is 2.13. The van der Waals surface area contributed by atoms with E-state index in [1.54, 1.807) is 0 Å². The van der Waals surface area contributed by atoms with Gasteiger partial charge in [0, 0.05) is 12.6 Å². The predicted octanol–water partition coefficient (Wildman–Crippen LogP) is 3.45. The lowest BCUT2D eigenvalue weighted by molar-refractivity contribution is 0.190. The van der Waals surface area contributed by atoms with Gasteiger partial charge in [-0.3, -0.25) is 0 Å². The Bertz CT molecular complexity index is 125. The first-order chi connectivity index (χ1) is 6.65. The lowest BCUT2D eigenvalue weighted by atomic mass is 10.0. The minimum atomic E-state index is 0.675. The van der Waals surface area contributed by atoms with Crippen molar-refractivity contribution in [1.82, 2.24) is 4.90 Å². The van der Waals surface area contributed by atoms with Crippen LogP contribution in [0.3, 0.4) is 0 Å². The van der Waals surface area contributed by atoms with E-state index in [1.165, 1.54) is 32.4 Å². The van der Waals surface area contributed by atoms with Crippen LogP contribution in [-0.4, -0.2) is 29.8 Å². The maximum atomic E-state index is 4.43. The molecule has 0 N–H and O–H groups in total. The molecular formula is C12H27NS. The van der Waals surface area contributed by atoms with Gasteiger partial charge in [-0.1, -0.05) is 20.3 Å². The summed E-state index contributed by atoms with van der Waals surface area (Å²) in [7, 11) is 0. The zero-order chi connectivity index (χ0) is 11.0. The minimum Gasteiger partial charge on any atom is -0.301 e. The highest BCUT2D eigenvalue weighted by Gasteiger charge is 2.13. The summed E-state index contributed by atoms with van der Waals surface area (Å²) in [6.07, 6.45) is 3.85. The molecule has 86 valence electrons. The van der Waals surface area contributed by atoms with E-state index >= 15 is 0 Å². The summed E-state index contributed by atoms with van der Waals surface area (Å²) in [6.45, 7) is 11.5. The third-order valence-electron chi connectivity index (χ3n) is 2.69. The van der Waals surface area contributed by atoms with Gasteiger partial charge < -0.3 is 4.90 Å². The van der Waals surface area contributed by atoms with Crippen LogP contribution in [0.2, 0.25) is 0 Å². The molecule has 0 aromatic heterocycles. The maximum Gasteiger partial charge on any atom is 0.00387 e.